The Bertz CT molecular complexity index is 655. The van der Waals surface area contributed by atoms with Crippen LogP contribution >= 0.6 is 22.9 Å². The number of halogens is 1. The van der Waals surface area contributed by atoms with Gasteiger partial charge in [-0.15, -0.1) is 11.3 Å². The molecule has 1 N–H and O–H groups in total. The molecule has 5 nitrogen and oxygen atoms in total. The molecule has 104 valence electrons. The number of hydrogen-bond acceptors (Lipinski definition) is 6. The average Bonchev–Trinajstić information content (AvgIpc) is 2.84. The maximum absolute atomic E-state index is 11.4. The molecule has 1 aromatic carbocycles. The summed E-state index contributed by atoms with van der Waals surface area (Å²) in [5.74, 6) is -0.463. The van der Waals surface area contributed by atoms with E-state index in [9.17, 15) is 4.79 Å². The zero-order chi connectivity index (χ0) is 14.5. The molecule has 2 aromatic rings. The standard InChI is InChI=1S/C13H12ClN3O2S/c1-8-7-20-13(16-8)17-15-6-9-3-4-10(11(14)5-9)12(18)19-2/h3-7H,1-2H3,(H,16,17). The SMILES string of the molecule is COC(=O)c1ccc(C=NNc2nc(C)cs2)cc1Cl. The normalized spacial score (nSPS) is 10.8. The smallest absolute Gasteiger partial charge is 0.339 e. The van der Waals surface area contributed by atoms with Gasteiger partial charge in [0, 0.05) is 5.38 Å². The van der Waals surface area contributed by atoms with Crippen LogP contribution in [0.1, 0.15) is 21.6 Å². The Morgan fingerprint density at radius 1 is 1.55 bits per heavy atom. The van der Waals surface area contributed by atoms with Crippen LogP contribution in [0.15, 0.2) is 28.7 Å². The fourth-order valence-electron chi connectivity index (χ4n) is 1.45. The number of benzene rings is 1. The van der Waals surface area contributed by atoms with Crippen LogP contribution in [0.3, 0.4) is 0 Å². The van der Waals surface area contributed by atoms with Gasteiger partial charge >= 0.3 is 5.97 Å². The maximum Gasteiger partial charge on any atom is 0.339 e. The highest BCUT2D eigenvalue weighted by Crippen LogP contribution is 2.18. The highest BCUT2D eigenvalue weighted by Gasteiger charge is 2.10. The summed E-state index contributed by atoms with van der Waals surface area (Å²) in [7, 11) is 1.31. The summed E-state index contributed by atoms with van der Waals surface area (Å²) < 4.78 is 4.62. The zero-order valence-electron chi connectivity index (χ0n) is 10.9. The van der Waals surface area contributed by atoms with Crippen molar-refractivity contribution in [2.24, 2.45) is 5.10 Å². The summed E-state index contributed by atoms with van der Waals surface area (Å²) in [5, 5.41) is 7.03. The molecule has 0 radical (unpaired) electrons. The first-order chi connectivity index (χ1) is 9.60. The molecule has 0 bridgehead atoms. The minimum absolute atomic E-state index is 0.325. The third-order valence-corrected chi connectivity index (χ3v) is 3.57. The molecule has 0 saturated carbocycles. The van der Waals surface area contributed by atoms with Crippen molar-refractivity contribution < 1.29 is 9.53 Å². The Morgan fingerprint density at radius 3 is 2.95 bits per heavy atom. The lowest BCUT2D eigenvalue weighted by molar-refractivity contribution is 0.0601. The van der Waals surface area contributed by atoms with Crippen LogP contribution in [-0.2, 0) is 4.74 Å². The van der Waals surface area contributed by atoms with E-state index < -0.39 is 5.97 Å². The van der Waals surface area contributed by atoms with Crippen LogP contribution in [0.5, 0.6) is 0 Å². The summed E-state index contributed by atoms with van der Waals surface area (Å²) in [6.45, 7) is 1.91. The molecule has 0 aliphatic carbocycles. The molecular weight excluding hydrogens is 298 g/mol. The van der Waals surface area contributed by atoms with Gasteiger partial charge in [0.15, 0.2) is 0 Å². The Hall–Kier alpha value is -1.92. The maximum atomic E-state index is 11.4. The highest BCUT2D eigenvalue weighted by molar-refractivity contribution is 7.13. The number of nitrogens with zero attached hydrogens (tertiary/aromatic N) is 2. The number of hydrazone groups is 1. The van der Waals surface area contributed by atoms with Crippen molar-refractivity contribution >= 4 is 40.3 Å². The van der Waals surface area contributed by atoms with Crippen LogP contribution < -0.4 is 5.43 Å². The number of rotatable bonds is 4. The summed E-state index contributed by atoms with van der Waals surface area (Å²) in [6.07, 6.45) is 1.60. The number of aromatic nitrogens is 1. The third-order valence-electron chi connectivity index (χ3n) is 2.39. The van der Waals surface area contributed by atoms with Crippen molar-refractivity contribution in [2.75, 3.05) is 12.5 Å². The van der Waals surface area contributed by atoms with Crippen molar-refractivity contribution in [1.82, 2.24) is 4.98 Å². The van der Waals surface area contributed by atoms with Gasteiger partial charge in [0.1, 0.15) is 0 Å². The quantitative estimate of drug-likeness (QED) is 0.534. The molecule has 1 aromatic heterocycles. The fraction of sp³-hybridized carbons (Fsp3) is 0.154. The van der Waals surface area contributed by atoms with E-state index in [1.165, 1.54) is 18.4 Å². The van der Waals surface area contributed by atoms with Gasteiger partial charge in [-0.3, -0.25) is 5.43 Å². The molecular formula is C13H12ClN3O2S. The van der Waals surface area contributed by atoms with Gasteiger partial charge in [0.05, 0.1) is 29.6 Å². The van der Waals surface area contributed by atoms with Gasteiger partial charge < -0.3 is 4.74 Å². The first kappa shape index (κ1) is 14.5. The van der Waals surface area contributed by atoms with Crippen molar-refractivity contribution in [1.29, 1.82) is 0 Å². The second-order valence-electron chi connectivity index (χ2n) is 3.89. The number of ether oxygens (including phenoxy) is 1. The molecule has 0 saturated heterocycles. The Balaban J connectivity index is 2.06. The number of nitrogens with one attached hydrogen (secondary N) is 1. The number of carbonyl (C=O) groups excluding carboxylic acids is 1. The largest absolute Gasteiger partial charge is 0.465 e. The number of esters is 1. The zero-order valence-corrected chi connectivity index (χ0v) is 12.5. The molecule has 0 atom stereocenters. The number of hydrogen-bond donors (Lipinski definition) is 1. The minimum Gasteiger partial charge on any atom is -0.465 e. The molecule has 0 aliphatic rings. The van der Waals surface area contributed by atoms with Crippen molar-refractivity contribution in [3.05, 3.63) is 45.4 Å². The van der Waals surface area contributed by atoms with E-state index in [1.54, 1.807) is 24.4 Å². The lowest BCUT2D eigenvalue weighted by Gasteiger charge is -2.02. The monoisotopic (exact) mass is 309 g/mol. The topological polar surface area (TPSA) is 63.6 Å². The molecule has 0 fully saturated rings. The number of aryl methyl sites for hydroxylation is 1. The van der Waals surface area contributed by atoms with Gasteiger partial charge in [-0.05, 0) is 24.6 Å². The van der Waals surface area contributed by atoms with Crippen LogP contribution in [0.2, 0.25) is 5.02 Å². The number of thiazole rings is 1. The molecule has 2 rings (SSSR count). The predicted octanol–water partition coefficient (Wildman–Crippen LogP) is 3.34. The fourth-order valence-corrected chi connectivity index (χ4v) is 2.36. The third kappa shape index (κ3) is 3.55. The number of methoxy groups -OCH3 is 1. The minimum atomic E-state index is -0.463. The molecule has 0 unspecified atom stereocenters. The van der Waals surface area contributed by atoms with Gasteiger partial charge in [0.2, 0.25) is 5.13 Å². The van der Waals surface area contributed by atoms with Crippen LogP contribution in [0.25, 0.3) is 0 Å². The van der Waals surface area contributed by atoms with Gasteiger partial charge in [0.25, 0.3) is 0 Å². The van der Waals surface area contributed by atoms with Crippen molar-refractivity contribution in [3.63, 3.8) is 0 Å². The van der Waals surface area contributed by atoms with Crippen molar-refractivity contribution in [2.45, 2.75) is 6.92 Å². The summed E-state index contributed by atoms with van der Waals surface area (Å²) >= 11 is 7.48. The summed E-state index contributed by atoms with van der Waals surface area (Å²) in [5.41, 5.74) is 4.86. The Morgan fingerprint density at radius 2 is 2.35 bits per heavy atom. The van der Waals surface area contributed by atoms with E-state index in [4.69, 9.17) is 11.6 Å². The average molecular weight is 310 g/mol. The van der Waals surface area contributed by atoms with Gasteiger partial charge in [-0.2, -0.15) is 5.10 Å². The van der Waals surface area contributed by atoms with E-state index in [-0.39, 0.29) is 0 Å². The summed E-state index contributed by atoms with van der Waals surface area (Å²) in [4.78, 5) is 15.6. The number of anilines is 1. The predicted molar refractivity (Wildman–Crippen MR) is 80.9 cm³/mol. The Labute approximate surface area is 125 Å². The molecule has 0 spiro atoms. The lowest BCUT2D eigenvalue weighted by atomic mass is 10.1. The van der Waals surface area contributed by atoms with E-state index in [1.807, 2.05) is 12.3 Å². The van der Waals surface area contributed by atoms with Crippen LogP contribution in [-0.4, -0.2) is 24.3 Å². The van der Waals surface area contributed by atoms with E-state index in [0.29, 0.717) is 10.6 Å². The first-order valence-corrected chi connectivity index (χ1v) is 6.95. The summed E-state index contributed by atoms with van der Waals surface area (Å²) in [6, 6.07) is 4.98. The Kier molecular flexibility index (Phi) is 4.70. The van der Waals surface area contributed by atoms with E-state index in [0.717, 1.165) is 16.4 Å². The first-order valence-electron chi connectivity index (χ1n) is 5.69. The highest BCUT2D eigenvalue weighted by atomic mass is 35.5. The number of carbonyl (C=O) groups is 1. The van der Waals surface area contributed by atoms with E-state index in [2.05, 4.69) is 20.2 Å². The lowest BCUT2D eigenvalue weighted by Crippen LogP contribution is -2.02. The molecule has 0 aliphatic heterocycles. The molecule has 20 heavy (non-hydrogen) atoms. The molecule has 7 heteroatoms. The second-order valence-corrected chi connectivity index (χ2v) is 5.16. The van der Waals surface area contributed by atoms with Gasteiger partial charge in [-0.25, -0.2) is 9.78 Å². The van der Waals surface area contributed by atoms with E-state index >= 15 is 0 Å². The molecule has 0 amide bonds. The van der Waals surface area contributed by atoms with Gasteiger partial charge in [-0.1, -0.05) is 17.7 Å². The van der Waals surface area contributed by atoms with Crippen LogP contribution in [0.4, 0.5) is 5.13 Å². The second kappa shape index (κ2) is 6.49. The molecule has 1 heterocycles. The van der Waals surface area contributed by atoms with Crippen molar-refractivity contribution in [3.8, 4) is 0 Å². The van der Waals surface area contributed by atoms with Crippen LogP contribution in [0, 0.1) is 6.92 Å².